The molecule has 4 heteroatoms. The molecule has 16 heavy (non-hydrogen) atoms. The molecule has 0 aliphatic carbocycles. The molecule has 0 radical (unpaired) electrons. The normalized spacial score (nSPS) is 24.0. The van der Waals surface area contributed by atoms with Gasteiger partial charge in [0.2, 0.25) is 0 Å². The van der Waals surface area contributed by atoms with Gasteiger partial charge in [-0.3, -0.25) is 0 Å². The van der Waals surface area contributed by atoms with Gasteiger partial charge in [0.15, 0.2) is 5.69 Å². The Morgan fingerprint density at radius 3 is 3.25 bits per heavy atom. The van der Waals surface area contributed by atoms with Crippen LogP contribution in [0, 0.1) is 11.3 Å². The van der Waals surface area contributed by atoms with Crippen LogP contribution in [0.1, 0.15) is 25.5 Å². The van der Waals surface area contributed by atoms with Gasteiger partial charge in [-0.25, -0.2) is 4.98 Å². The third kappa shape index (κ3) is 2.31. The van der Waals surface area contributed by atoms with Gasteiger partial charge >= 0.3 is 0 Å². The molecular formula is C12H15N3O. The second-order valence-electron chi connectivity index (χ2n) is 4.27. The molecule has 2 heterocycles. The third-order valence-electron chi connectivity index (χ3n) is 2.87. The Morgan fingerprint density at radius 2 is 2.56 bits per heavy atom. The van der Waals surface area contributed by atoms with Gasteiger partial charge in [-0.1, -0.05) is 0 Å². The molecule has 1 N–H and O–H groups in total. The standard InChI is InChI=1S/C12H15N3O/c1-12(5-3-7-16-12)9-15-10-4-2-6-14-11(10)8-13/h2,4,6,15H,3,5,7,9H2,1H3. The molecule has 0 aromatic carbocycles. The summed E-state index contributed by atoms with van der Waals surface area (Å²) >= 11 is 0. The molecule has 2 rings (SSSR count). The lowest BCUT2D eigenvalue weighted by atomic mass is 10.0. The van der Waals surface area contributed by atoms with E-state index in [-0.39, 0.29) is 5.60 Å². The molecule has 1 aliphatic heterocycles. The number of rotatable bonds is 3. The van der Waals surface area contributed by atoms with Crippen LogP contribution in [-0.4, -0.2) is 23.7 Å². The highest BCUT2D eigenvalue weighted by molar-refractivity contribution is 5.53. The fourth-order valence-corrected chi connectivity index (χ4v) is 1.90. The van der Waals surface area contributed by atoms with Gasteiger partial charge in [0.25, 0.3) is 0 Å². The number of nitrogens with one attached hydrogen (secondary N) is 1. The summed E-state index contributed by atoms with van der Waals surface area (Å²) in [5.74, 6) is 0. The van der Waals surface area contributed by atoms with Crippen LogP contribution in [0.4, 0.5) is 5.69 Å². The number of aromatic nitrogens is 1. The fraction of sp³-hybridized carbons (Fsp3) is 0.500. The molecule has 1 atom stereocenters. The molecular weight excluding hydrogens is 202 g/mol. The summed E-state index contributed by atoms with van der Waals surface area (Å²) in [6.45, 7) is 3.64. The summed E-state index contributed by atoms with van der Waals surface area (Å²) in [4.78, 5) is 4.00. The second-order valence-corrected chi connectivity index (χ2v) is 4.27. The number of anilines is 1. The van der Waals surface area contributed by atoms with Crippen molar-refractivity contribution in [1.29, 1.82) is 5.26 Å². The van der Waals surface area contributed by atoms with Crippen molar-refractivity contribution in [2.75, 3.05) is 18.5 Å². The zero-order valence-corrected chi connectivity index (χ0v) is 9.36. The minimum Gasteiger partial charge on any atom is -0.380 e. The van der Waals surface area contributed by atoms with Crippen molar-refractivity contribution in [2.45, 2.75) is 25.4 Å². The van der Waals surface area contributed by atoms with E-state index in [9.17, 15) is 0 Å². The summed E-state index contributed by atoms with van der Waals surface area (Å²) in [6.07, 6.45) is 3.79. The van der Waals surface area contributed by atoms with Gasteiger partial charge in [-0.05, 0) is 31.9 Å². The summed E-state index contributed by atoms with van der Waals surface area (Å²) in [5.41, 5.74) is 1.11. The molecule has 0 bridgehead atoms. The van der Waals surface area contributed by atoms with Crippen molar-refractivity contribution < 1.29 is 4.74 Å². The lowest BCUT2D eigenvalue weighted by Crippen LogP contribution is -2.32. The highest BCUT2D eigenvalue weighted by atomic mass is 16.5. The summed E-state index contributed by atoms with van der Waals surface area (Å²) in [5, 5.41) is 12.1. The number of nitrogens with zero attached hydrogens (tertiary/aromatic N) is 2. The first-order valence-electron chi connectivity index (χ1n) is 5.46. The maximum Gasteiger partial charge on any atom is 0.163 e. The van der Waals surface area contributed by atoms with Crippen molar-refractivity contribution in [3.05, 3.63) is 24.0 Å². The summed E-state index contributed by atoms with van der Waals surface area (Å²) in [6, 6.07) is 5.75. The zero-order chi connectivity index (χ0) is 11.4. The predicted octanol–water partition coefficient (Wildman–Crippen LogP) is 1.93. The predicted molar refractivity (Wildman–Crippen MR) is 61.0 cm³/mol. The third-order valence-corrected chi connectivity index (χ3v) is 2.87. The van der Waals surface area contributed by atoms with E-state index in [4.69, 9.17) is 10.00 Å². The van der Waals surface area contributed by atoms with Crippen LogP contribution < -0.4 is 5.32 Å². The van der Waals surface area contributed by atoms with Crippen LogP contribution in [0.2, 0.25) is 0 Å². The summed E-state index contributed by atoms with van der Waals surface area (Å²) < 4.78 is 5.67. The quantitative estimate of drug-likeness (QED) is 0.840. The number of hydrogen-bond donors (Lipinski definition) is 1. The van der Waals surface area contributed by atoms with E-state index in [0.29, 0.717) is 12.2 Å². The molecule has 84 valence electrons. The van der Waals surface area contributed by atoms with Gasteiger partial charge in [0.05, 0.1) is 11.3 Å². The molecule has 0 spiro atoms. The molecule has 1 aromatic heterocycles. The van der Waals surface area contributed by atoms with E-state index in [2.05, 4.69) is 23.3 Å². The van der Waals surface area contributed by atoms with Gasteiger partial charge in [-0.15, -0.1) is 0 Å². The van der Waals surface area contributed by atoms with E-state index in [1.54, 1.807) is 6.20 Å². The van der Waals surface area contributed by atoms with E-state index in [1.807, 2.05) is 12.1 Å². The molecule has 1 saturated heterocycles. The Bertz CT molecular complexity index is 405. The highest BCUT2D eigenvalue weighted by Gasteiger charge is 2.29. The number of hydrogen-bond acceptors (Lipinski definition) is 4. The highest BCUT2D eigenvalue weighted by Crippen LogP contribution is 2.25. The second kappa shape index (κ2) is 4.50. The first-order chi connectivity index (χ1) is 7.73. The molecule has 1 fully saturated rings. The Hall–Kier alpha value is -1.60. The van der Waals surface area contributed by atoms with Gasteiger partial charge in [-0.2, -0.15) is 5.26 Å². The Morgan fingerprint density at radius 1 is 1.69 bits per heavy atom. The van der Waals surface area contributed by atoms with Crippen LogP contribution in [0.5, 0.6) is 0 Å². The van der Waals surface area contributed by atoms with E-state index in [0.717, 1.165) is 25.1 Å². The number of ether oxygens (including phenoxy) is 1. The van der Waals surface area contributed by atoms with Crippen LogP contribution >= 0.6 is 0 Å². The van der Waals surface area contributed by atoms with E-state index >= 15 is 0 Å². The lowest BCUT2D eigenvalue weighted by molar-refractivity contribution is 0.0315. The first kappa shape index (κ1) is 10.9. The van der Waals surface area contributed by atoms with Gasteiger partial charge in [0, 0.05) is 19.3 Å². The average molecular weight is 217 g/mol. The smallest absolute Gasteiger partial charge is 0.163 e. The molecule has 1 aromatic rings. The van der Waals surface area contributed by atoms with Gasteiger partial charge in [0.1, 0.15) is 6.07 Å². The Balaban J connectivity index is 2.02. The van der Waals surface area contributed by atoms with Crippen LogP contribution in [0.3, 0.4) is 0 Å². The molecule has 0 saturated carbocycles. The van der Waals surface area contributed by atoms with Crippen LogP contribution in [0.15, 0.2) is 18.3 Å². The van der Waals surface area contributed by atoms with E-state index in [1.165, 1.54) is 0 Å². The van der Waals surface area contributed by atoms with Crippen molar-refractivity contribution in [1.82, 2.24) is 4.98 Å². The summed E-state index contributed by atoms with van der Waals surface area (Å²) in [7, 11) is 0. The van der Waals surface area contributed by atoms with Crippen molar-refractivity contribution in [3.63, 3.8) is 0 Å². The zero-order valence-electron chi connectivity index (χ0n) is 9.36. The maximum absolute atomic E-state index is 8.89. The maximum atomic E-state index is 8.89. The van der Waals surface area contributed by atoms with E-state index < -0.39 is 0 Å². The number of nitriles is 1. The largest absolute Gasteiger partial charge is 0.380 e. The average Bonchev–Trinajstić information content (AvgIpc) is 2.74. The minimum atomic E-state index is -0.109. The topological polar surface area (TPSA) is 57.9 Å². The fourth-order valence-electron chi connectivity index (χ4n) is 1.90. The Labute approximate surface area is 95.3 Å². The van der Waals surface area contributed by atoms with Crippen molar-refractivity contribution >= 4 is 5.69 Å². The lowest BCUT2D eigenvalue weighted by Gasteiger charge is -2.24. The monoisotopic (exact) mass is 217 g/mol. The number of pyridine rings is 1. The molecule has 1 unspecified atom stereocenters. The molecule has 4 nitrogen and oxygen atoms in total. The minimum absolute atomic E-state index is 0.109. The van der Waals surface area contributed by atoms with Crippen molar-refractivity contribution in [3.8, 4) is 6.07 Å². The van der Waals surface area contributed by atoms with Gasteiger partial charge < -0.3 is 10.1 Å². The van der Waals surface area contributed by atoms with Crippen molar-refractivity contribution in [2.24, 2.45) is 0 Å². The first-order valence-corrected chi connectivity index (χ1v) is 5.46. The Kier molecular flexibility index (Phi) is 3.07. The van der Waals surface area contributed by atoms with Crippen LogP contribution in [-0.2, 0) is 4.74 Å². The SMILES string of the molecule is CC1(CNc2cccnc2C#N)CCCO1. The molecule has 1 aliphatic rings. The molecule has 0 amide bonds. The van der Waals surface area contributed by atoms with Crippen LogP contribution in [0.25, 0.3) is 0 Å².